The van der Waals surface area contributed by atoms with E-state index >= 15 is 0 Å². The van der Waals surface area contributed by atoms with E-state index in [0.717, 1.165) is 25.0 Å². The molecule has 0 N–H and O–H groups in total. The highest BCUT2D eigenvalue weighted by Crippen LogP contribution is 2.22. The standard InChI is InChI=1S/C12H22N2/c1-11-4-3-7-14(10-11)12-5-8-13(2)9-6-12/h2,11-12H,3-10H2,1H3. The Hall–Kier alpha value is -0.0800. The van der Waals surface area contributed by atoms with Crippen LogP contribution < -0.4 is 0 Å². The zero-order valence-electron chi connectivity index (χ0n) is 9.28. The predicted octanol–water partition coefficient (Wildman–Crippen LogP) is 1.85. The number of rotatable bonds is 1. The number of nitrogens with zero attached hydrogens (tertiary/aromatic N) is 2. The Balaban J connectivity index is 1.82. The Morgan fingerprint density at radius 2 is 1.79 bits per heavy atom. The highest BCUT2D eigenvalue weighted by Gasteiger charge is 2.26. The van der Waals surface area contributed by atoms with Gasteiger partial charge in [0, 0.05) is 32.7 Å². The first-order valence-electron chi connectivity index (χ1n) is 5.99. The van der Waals surface area contributed by atoms with Crippen molar-refractivity contribution >= 4 is 0 Å². The molecule has 14 heavy (non-hydrogen) atoms. The molecule has 0 amide bonds. The molecule has 2 radical (unpaired) electrons. The molecule has 2 fully saturated rings. The number of likely N-dealkylation sites (tertiary alicyclic amines) is 2. The van der Waals surface area contributed by atoms with Gasteiger partial charge in [0.25, 0.3) is 0 Å². The molecule has 2 aliphatic heterocycles. The molecule has 80 valence electrons. The minimum atomic E-state index is 0.817. The van der Waals surface area contributed by atoms with Gasteiger partial charge in [-0.05, 0) is 38.1 Å². The maximum absolute atomic E-state index is 5.77. The molecular weight excluding hydrogens is 172 g/mol. The largest absolute Gasteiger partial charge is 0.300 e. The lowest BCUT2D eigenvalue weighted by atomic mass is 9.95. The van der Waals surface area contributed by atoms with E-state index in [1.54, 1.807) is 0 Å². The molecule has 0 aromatic heterocycles. The molecule has 2 saturated heterocycles. The van der Waals surface area contributed by atoms with Crippen molar-refractivity contribution in [3.05, 3.63) is 7.05 Å². The SMILES string of the molecule is [CH]N1CCC(N2CCCC(C)C2)CC1. The molecule has 0 spiro atoms. The quantitative estimate of drug-likeness (QED) is 0.628. The fraction of sp³-hybridized carbons (Fsp3) is 0.917. The second-order valence-corrected chi connectivity index (χ2v) is 5.01. The van der Waals surface area contributed by atoms with Crippen LogP contribution in [0.25, 0.3) is 0 Å². The summed E-state index contributed by atoms with van der Waals surface area (Å²) in [5, 5.41) is 0. The lowest BCUT2D eigenvalue weighted by Crippen LogP contribution is -2.47. The van der Waals surface area contributed by atoms with Crippen LogP contribution in [0, 0.1) is 13.0 Å². The van der Waals surface area contributed by atoms with Gasteiger partial charge in [0.15, 0.2) is 0 Å². The molecule has 0 bridgehead atoms. The highest BCUT2D eigenvalue weighted by atomic mass is 15.2. The van der Waals surface area contributed by atoms with E-state index < -0.39 is 0 Å². The van der Waals surface area contributed by atoms with Crippen LogP contribution in [0.5, 0.6) is 0 Å². The van der Waals surface area contributed by atoms with Gasteiger partial charge in [0.05, 0.1) is 0 Å². The summed E-state index contributed by atoms with van der Waals surface area (Å²) in [5.74, 6) is 0.902. The van der Waals surface area contributed by atoms with Gasteiger partial charge in [-0.1, -0.05) is 6.92 Å². The van der Waals surface area contributed by atoms with Crippen molar-refractivity contribution < 1.29 is 0 Å². The van der Waals surface area contributed by atoms with Crippen molar-refractivity contribution in [2.45, 2.75) is 38.6 Å². The van der Waals surface area contributed by atoms with Crippen molar-refractivity contribution in [3.8, 4) is 0 Å². The zero-order chi connectivity index (χ0) is 9.97. The predicted molar refractivity (Wildman–Crippen MR) is 58.9 cm³/mol. The third kappa shape index (κ3) is 2.48. The molecule has 2 rings (SSSR count). The van der Waals surface area contributed by atoms with Crippen LogP contribution in [0.2, 0.25) is 0 Å². The molecule has 2 aliphatic rings. The molecule has 2 nitrogen and oxygen atoms in total. The molecule has 1 unspecified atom stereocenters. The smallest absolute Gasteiger partial charge is 0.0438 e. The molecular formula is C12H22N2. The van der Waals surface area contributed by atoms with Crippen LogP contribution in [0.3, 0.4) is 0 Å². The minimum Gasteiger partial charge on any atom is -0.300 e. The van der Waals surface area contributed by atoms with Crippen LogP contribution in [-0.4, -0.2) is 42.0 Å². The van der Waals surface area contributed by atoms with Gasteiger partial charge >= 0.3 is 0 Å². The highest BCUT2D eigenvalue weighted by molar-refractivity contribution is 4.82. The van der Waals surface area contributed by atoms with E-state index in [9.17, 15) is 0 Å². The normalized spacial score (nSPS) is 33.4. The Labute approximate surface area is 88.3 Å². The summed E-state index contributed by atoms with van der Waals surface area (Å²) >= 11 is 0. The molecule has 1 atom stereocenters. The monoisotopic (exact) mass is 194 g/mol. The van der Waals surface area contributed by atoms with Crippen LogP contribution in [0.15, 0.2) is 0 Å². The fourth-order valence-electron chi connectivity index (χ4n) is 2.81. The fourth-order valence-corrected chi connectivity index (χ4v) is 2.81. The minimum absolute atomic E-state index is 0.817. The van der Waals surface area contributed by atoms with Gasteiger partial charge < -0.3 is 4.90 Å². The van der Waals surface area contributed by atoms with Crippen LogP contribution >= 0.6 is 0 Å². The summed E-state index contributed by atoms with van der Waals surface area (Å²) in [4.78, 5) is 4.66. The van der Waals surface area contributed by atoms with Crippen molar-refractivity contribution in [3.63, 3.8) is 0 Å². The van der Waals surface area contributed by atoms with Gasteiger partial charge in [-0.15, -0.1) is 0 Å². The third-order valence-electron chi connectivity index (χ3n) is 3.70. The van der Waals surface area contributed by atoms with Crippen molar-refractivity contribution in [1.29, 1.82) is 0 Å². The lowest BCUT2D eigenvalue weighted by Gasteiger charge is -2.40. The maximum atomic E-state index is 5.77. The lowest BCUT2D eigenvalue weighted by molar-refractivity contribution is 0.0872. The van der Waals surface area contributed by atoms with E-state index in [-0.39, 0.29) is 0 Å². The van der Waals surface area contributed by atoms with E-state index in [4.69, 9.17) is 7.05 Å². The molecule has 2 heteroatoms. The van der Waals surface area contributed by atoms with Gasteiger partial charge in [-0.25, -0.2) is 0 Å². The topological polar surface area (TPSA) is 6.48 Å². The maximum Gasteiger partial charge on any atom is 0.0438 e. The number of piperidine rings is 2. The molecule has 0 aromatic carbocycles. The summed E-state index contributed by atoms with van der Waals surface area (Å²) < 4.78 is 0. The first-order valence-corrected chi connectivity index (χ1v) is 5.99. The van der Waals surface area contributed by atoms with Gasteiger partial charge in [0.1, 0.15) is 0 Å². The first kappa shape index (κ1) is 10.4. The Morgan fingerprint density at radius 3 is 2.43 bits per heavy atom. The van der Waals surface area contributed by atoms with E-state index in [2.05, 4.69) is 11.8 Å². The molecule has 0 aliphatic carbocycles. The second kappa shape index (κ2) is 4.63. The van der Waals surface area contributed by atoms with Crippen LogP contribution in [0.1, 0.15) is 32.6 Å². The Kier molecular flexibility index (Phi) is 3.45. The Morgan fingerprint density at radius 1 is 1.07 bits per heavy atom. The van der Waals surface area contributed by atoms with Gasteiger partial charge in [0.2, 0.25) is 0 Å². The third-order valence-corrected chi connectivity index (χ3v) is 3.70. The summed E-state index contributed by atoms with van der Waals surface area (Å²) in [7, 11) is 5.77. The zero-order valence-corrected chi connectivity index (χ0v) is 9.28. The van der Waals surface area contributed by atoms with Crippen LogP contribution in [-0.2, 0) is 0 Å². The van der Waals surface area contributed by atoms with Crippen molar-refractivity contribution in [1.82, 2.24) is 9.80 Å². The van der Waals surface area contributed by atoms with Crippen LogP contribution in [0.4, 0.5) is 0 Å². The van der Waals surface area contributed by atoms with E-state index in [1.165, 1.54) is 38.8 Å². The van der Waals surface area contributed by atoms with Gasteiger partial charge in [-0.2, -0.15) is 0 Å². The van der Waals surface area contributed by atoms with E-state index in [1.807, 2.05) is 4.90 Å². The number of hydrogen-bond acceptors (Lipinski definition) is 2. The van der Waals surface area contributed by atoms with E-state index in [0.29, 0.717) is 0 Å². The van der Waals surface area contributed by atoms with Gasteiger partial charge in [-0.3, -0.25) is 4.90 Å². The average Bonchev–Trinajstić information content (AvgIpc) is 2.19. The average molecular weight is 194 g/mol. The molecule has 2 heterocycles. The molecule has 0 aromatic rings. The molecule has 0 saturated carbocycles. The Bertz CT molecular complexity index is 173. The van der Waals surface area contributed by atoms with Crippen molar-refractivity contribution in [2.75, 3.05) is 26.2 Å². The summed E-state index contributed by atoms with van der Waals surface area (Å²) in [6, 6.07) is 0.817. The first-order chi connectivity index (χ1) is 6.75. The summed E-state index contributed by atoms with van der Waals surface area (Å²) in [6.45, 7) is 7.17. The summed E-state index contributed by atoms with van der Waals surface area (Å²) in [5.41, 5.74) is 0. The number of hydrogen-bond donors (Lipinski definition) is 0. The summed E-state index contributed by atoms with van der Waals surface area (Å²) in [6.07, 6.45) is 5.35. The van der Waals surface area contributed by atoms with Crippen molar-refractivity contribution in [2.24, 2.45) is 5.92 Å². The second-order valence-electron chi connectivity index (χ2n) is 5.01.